The molecule has 0 saturated carbocycles. The third kappa shape index (κ3) is 1.57. The van der Waals surface area contributed by atoms with E-state index in [1.165, 1.54) is 6.07 Å². The molecule has 0 atom stereocenters. The van der Waals surface area contributed by atoms with E-state index in [9.17, 15) is 4.79 Å². The summed E-state index contributed by atoms with van der Waals surface area (Å²) in [5, 5.41) is 8.46. The summed E-state index contributed by atoms with van der Waals surface area (Å²) in [5.41, 5.74) is 0.175. The molecule has 3 heteroatoms. The highest BCUT2D eigenvalue weighted by Crippen LogP contribution is 2.10. The number of benzene rings is 1. The smallest absolute Gasteiger partial charge is 0.336 e. The van der Waals surface area contributed by atoms with E-state index in [2.05, 4.69) is 22.0 Å². The van der Waals surface area contributed by atoms with Crippen molar-refractivity contribution < 1.29 is 9.90 Å². The van der Waals surface area contributed by atoms with Crippen LogP contribution in [0.1, 0.15) is 10.4 Å². The largest absolute Gasteiger partial charge is 0.478 e. The average Bonchev–Trinajstić information content (AvgIpc) is 1.88. The molecule has 10 heavy (non-hydrogen) atoms. The van der Waals surface area contributed by atoms with Gasteiger partial charge in [-0.3, -0.25) is 0 Å². The maximum absolute atomic E-state index is 10.3. The first kappa shape index (κ1) is 7.28. The lowest BCUT2D eigenvalue weighted by molar-refractivity contribution is 0.0696. The number of rotatable bonds is 1. The second kappa shape index (κ2) is 2.84. The molecule has 0 aliphatic carbocycles. The summed E-state index contributed by atoms with van der Waals surface area (Å²) in [6.07, 6.45) is 0. The van der Waals surface area contributed by atoms with Gasteiger partial charge < -0.3 is 5.11 Å². The minimum Gasteiger partial charge on any atom is -0.478 e. The van der Waals surface area contributed by atoms with Gasteiger partial charge >= 0.3 is 5.97 Å². The summed E-state index contributed by atoms with van der Waals surface area (Å²) in [5.74, 6) is -0.957. The molecule has 0 fully saturated rings. The van der Waals surface area contributed by atoms with Crippen LogP contribution in [0.25, 0.3) is 0 Å². The molecular formula is C7H4BrO2. The van der Waals surface area contributed by atoms with E-state index in [1.807, 2.05) is 0 Å². The SMILES string of the molecule is O=C(O)c1[c]ccc(Br)c1. The van der Waals surface area contributed by atoms with Gasteiger partial charge in [-0.15, -0.1) is 0 Å². The van der Waals surface area contributed by atoms with Crippen molar-refractivity contribution in [2.24, 2.45) is 0 Å². The third-order valence-electron chi connectivity index (χ3n) is 0.994. The zero-order valence-corrected chi connectivity index (χ0v) is 6.55. The van der Waals surface area contributed by atoms with Gasteiger partial charge in [-0.05, 0) is 18.2 Å². The van der Waals surface area contributed by atoms with Crippen molar-refractivity contribution in [2.45, 2.75) is 0 Å². The van der Waals surface area contributed by atoms with Gasteiger partial charge in [-0.2, -0.15) is 0 Å². The molecule has 1 aromatic rings. The number of hydrogen-bond acceptors (Lipinski definition) is 1. The monoisotopic (exact) mass is 199 g/mol. The van der Waals surface area contributed by atoms with Crippen molar-refractivity contribution in [3.8, 4) is 0 Å². The second-order valence-electron chi connectivity index (χ2n) is 1.73. The van der Waals surface area contributed by atoms with Gasteiger partial charge in [0, 0.05) is 4.47 Å². The number of hydrogen-bond donors (Lipinski definition) is 1. The fourth-order valence-corrected chi connectivity index (χ4v) is 0.923. The van der Waals surface area contributed by atoms with E-state index in [1.54, 1.807) is 12.1 Å². The van der Waals surface area contributed by atoms with E-state index in [-0.39, 0.29) is 5.56 Å². The molecule has 0 unspecified atom stereocenters. The van der Waals surface area contributed by atoms with Gasteiger partial charge in [0.25, 0.3) is 0 Å². The van der Waals surface area contributed by atoms with Crippen molar-refractivity contribution in [1.82, 2.24) is 0 Å². The standard InChI is InChI=1S/C7H4BrO2/c8-6-3-1-2-5(4-6)7(9)10/h1,3-4H,(H,9,10). The molecule has 0 bridgehead atoms. The second-order valence-corrected chi connectivity index (χ2v) is 2.64. The summed E-state index contributed by atoms with van der Waals surface area (Å²) in [6, 6.07) is 7.37. The van der Waals surface area contributed by atoms with Crippen LogP contribution in [0.4, 0.5) is 0 Å². The number of carboxylic acid groups (broad SMARTS) is 1. The van der Waals surface area contributed by atoms with Crippen molar-refractivity contribution in [3.05, 3.63) is 34.3 Å². The van der Waals surface area contributed by atoms with Crippen LogP contribution in [-0.2, 0) is 0 Å². The van der Waals surface area contributed by atoms with Crippen LogP contribution in [0.5, 0.6) is 0 Å². The molecule has 0 amide bonds. The summed E-state index contributed by atoms with van der Waals surface area (Å²) in [6.45, 7) is 0. The zero-order valence-electron chi connectivity index (χ0n) is 4.97. The highest BCUT2D eigenvalue weighted by molar-refractivity contribution is 9.10. The molecule has 1 N–H and O–H groups in total. The molecule has 51 valence electrons. The van der Waals surface area contributed by atoms with Crippen LogP contribution >= 0.6 is 15.9 Å². The first-order chi connectivity index (χ1) is 4.70. The zero-order chi connectivity index (χ0) is 7.56. The Labute approximate surface area is 66.6 Å². The highest BCUT2D eigenvalue weighted by Gasteiger charge is 2.00. The molecule has 2 nitrogen and oxygen atoms in total. The minimum absolute atomic E-state index is 0.175. The van der Waals surface area contributed by atoms with E-state index >= 15 is 0 Å². The molecule has 0 heterocycles. The number of halogens is 1. The quantitative estimate of drug-likeness (QED) is 0.751. The molecular weight excluding hydrogens is 196 g/mol. The fourth-order valence-electron chi connectivity index (χ4n) is 0.562. The lowest BCUT2D eigenvalue weighted by Crippen LogP contribution is -1.94. The summed E-state index contributed by atoms with van der Waals surface area (Å²) >= 11 is 3.15. The number of carbonyl (C=O) groups is 1. The van der Waals surface area contributed by atoms with E-state index < -0.39 is 5.97 Å². The van der Waals surface area contributed by atoms with Crippen molar-refractivity contribution >= 4 is 21.9 Å². The molecule has 0 aliphatic rings. The van der Waals surface area contributed by atoms with Crippen molar-refractivity contribution in [2.75, 3.05) is 0 Å². The van der Waals surface area contributed by atoms with Crippen LogP contribution in [0.15, 0.2) is 22.7 Å². The maximum Gasteiger partial charge on any atom is 0.336 e. The number of aromatic carboxylic acids is 1. The predicted molar refractivity (Wildman–Crippen MR) is 39.9 cm³/mol. The van der Waals surface area contributed by atoms with Crippen molar-refractivity contribution in [1.29, 1.82) is 0 Å². The number of carboxylic acids is 1. The molecule has 0 aliphatic heterocycles. The first-order valence-electron chi connectivity index (χ1n) is 2.60. The van der Waals surface area contributed by atoms with Crippen LogP contribution in [0.3, 0.4) is 0 Å². The van der Waals surface area contributed by atoms with Crippen molar-refractivity contribution in [3.63, 3.8) is 0 Å². The van der Waals surface area contributed by atoms with Crippen LogP contribution in [0, 0.1) is 6.07 Å². The van der Waals surface area contributed by atoms with Gasteiger partial charge in [-0.25, -0.2) is 4.79 Å². The predicted octanol–water partition coefficient (Wildman–Crippen LogP) is 1.95. The van der Waals surface area contributed by atoms with E-state index in [0.717, 1.165) is 4.47 Å². The lowest BCUT2D eigenvalue weighted by Gasteiger charge is -1.91. The Hall–Kier alpha value is -0.830. The van der Waals surface area contributed by atoms with Gasteiger partial charge in [0.1, 0.15) is 0 Å². The minimum atomic E-state index is -0.957. The molecule has 0 aromatic heterocycles. The Balaban J connectivity index is 3.07. The van der Waals surface area contributed by atoms with Gasteiger partial charge in [0.2, 0.25) is 0 Å². The fraction of sp³-hybridized carbons (Fsp3) is 0. The normalized spacial score (nSPS) is 9.30. The first-order valence-corrected chi connectivity index (χ1v) is 3.40. The molecule has 0 saturated heterocycles. The highest BCUT2D eigenvalue weighted by atomic mass is 79.9. The van der Waals surface area contributed by atoms with E-state index in [0.29, 0.717) is 0 Å². The molecule has 1 rings (SSSR count). The Morgan fingerprint density at radius 3 is 2.80 bits per heavy atom. The average molecular weight is 200 g/mol. The Morgan fingerprint density at radius 2 is 2.40 bits per heavy atom. The lowest BCUT2D eigenvalue weighted by atomic mass is 10.2. The van der Waals surface area contributed by atoms with Gasteiger partial charge in [-0.1, -0.05) is 22.0 Å². The van der Waals surface area contributed by atoms with Gasteiger partial charge in [0.05, 0.1) is 5.56 Å². The third-order valence-corrected chi connectivity index (χ3v) is 1.49. The van der Waals surface area contributed by atoms with Crippen LogP contribution in [-0.4, -0.2) is 11.1 Å². The summed E-state index contributed by atoms with van der Waals surface area (Å²) < 4.78 is 0.753. The topological polar surface area (TPSA) is 37.3 Å². The molecule has 1 aromatic carbocycles. The molecule has 1 radical (unpaired) electrons. The summed E-state index contributed by atoms with van der Waals surface area (Å²) in [4.78, 5) is 10.3. The Morgan fingerprint density at radius 1 is 1.70 bits per heavy atom. The van der Waals surface area contributed by atoms with E-state index in [4.69, 9.17) is 5.11 Å². The van der Waals surface area contributed by atoms with Crippen LogP contribution in [0.2, 0.25) is 0 Å². The maximum atomic E-state index is 10.3. The Bertz CT molecular complexity index is 258. The Kier molecular flexibility index (Phi) is 2.06. The van der Waals surface area contributed by atoms with Gasteiger partial charge in [0.15, 0.2) is 0 Å². The van der Waals surface area contributed by atoms with Crippen LogP contribution < -0.4 is 0 Å². The molecule has 0 spiro atoms. The summed E-state index contributed by atoms with van der Waals surface area (Å²) in [7, 11) is 0.